The number of carbonyl (C=O) groups is 2. The number of halogens is 4. The average Bonchev–Trinajstić information content (AvgIpc) is 2.92. The predicted octanol–water partition coefficient (Wildman–Crippen LogP) is 3.97. The molecule has 0 aliphatic carbocycles. The molecular formula is C23H20F4N4O2S. The van der Waals surface area contributed by atoms with Crippen molar-refractivity contribution in [2.45, 2.75) is 38.2 Å². The third-order valence-electron chi connectivity index (χ3n) is 5.59. The van der Waals surface area contributed by atoms with Crippen LogP contribution in [0.15, 0.2) is 42.5 Å². The predicted molar refractivity (Wildman–Crippen MR) is 121 cm³/mol. The van der Waals surface area contributed by atoms with Crippen LogP contribution in [-0.2, 0) is 17.4 Å². The molecule has 11 heteroatoms. The van der Waals surface area contributed by atoms with Crippen LogP contribution in [0.5, 0.6) is 0 Å². The third-order valence-corrected chi connectivity index (χ3v) is 5.99. The molecule has 1 saturated heterocycles. The maximum Gasteiger partial charge on any atom is 0.417 e. The molecule has 178 valence electrons. The molecular weight excluding hydrogens is 472 g/mol. The number of carbonyl (C=O) groups excluding carboxylic acids is 2. The SMILES string of the molecule is CC1(C)C(=O)N(c2ccc(C#N)c(C(F)(F)F)c2)C(=S)N1CC(F)Cc1ccc(C(N)=O)cc1. The Labute approximate surface area is 198 Å². The van der Waals surface area contributed by atoms with E-state index in [1.807, 2.05) is 0 Å². The summed E-state index contributed by atoms with van der Waals surface area (Å²) in [4.78, 5) is 26.5. The van der Waals surface area contributed by atoms with Gasteiger partial charge in [-0.15, -0.1) is 0 Å². The van der Waals surface area contributed by atoms with Crippen LogP contribution in [0.25, 0.3) is 0 Å². The van der Waals surface area contributed by atoms with E-state index in [1.165, 1.54) is 43.0 Å². The number of thiocarbonyl (C=S) groups is 1. The number of nitriles is 1. The van der Waals surface area contributed by atoms with E-state index in [-0.39, 0.29) is 29.3 Å². The van der Waals surface area contributed by atoms with Crippen molar-refractivity contribution in [2.75, 3.05) is 11.4 Å². The molecule has 1 unspecified atom stereocenters. The lowest BCUT2D eigenvalue weighted by molar-refractivity contribution is -0.137. The van der Waals surface area contributed by atoms with Crippen molar-refractivity contribution in [3.63, 3.8) is 0 Å². The molecule has 1 heterocycles. The molecule has 2 aromatic rings. The highest BCUT2D eigenvalue weighted by Gasteiger charge is 2.50. The topological polar surface area (TPSA) is 90.4 Å². The molecule has 1 aliphatic heterocycles. The van der Waals surface area contributed by atoms with Crippen molar-refractivity contribution < 1.29 is 27.2 Å². The van der Waals surface area contributed by atoms with Gasteiger partial charge < -0.3 is 10.6 Å². The van der Waals surface area contributed by atoms with Gasteiger partial charge in [0.1, 0.15) is 11.7 Å². The summed E-state index contributed by atoms with van der Waals surface area (Å²) in [7, 11) is 0. The van der Waals surface area contributed by atoms with Crippen LogP contribution in [0.1, 0.15) is 40.9 Å². The van der Waals surface area contributed by atoms with Crippen molar-refractivity contribution in [2.24, 2.45) is 5.73 Å². The normalized spacial score (nSPS) is 16.5. The Hall–Kier alpha value is -3.52. The van der Waals surface area contributed by atoms with Crippen molar-refractivity contribution in [1.29, 1.82) is 5.26 Å². The van der Waals surface area contributed by atoms with Crippen LogP contribution in [-0.4, -0.2) is 40.1 Å². The standard InChI is InChI=1S/C23H20F4N4O2S/c1-22(2)20(33)31(17-8-7-15(11-28)18(10-17)23(25,26)27)21(34)30(22)12-16(24)9-13-3-5-14(6-4-13)19(29)32/h3-8,10,16H,9,12H2,1-2H3,(H2,29,32). The van der Waals surface area contributed by atoms with Gasteiger partial charge in [0, 0.05) is 12.0 Å². The molecule has 2 aromatic carbocycles. The molecule has 1 atom stereocenters. The summed E-state index contributed by atoms with van der Waals surface area (Å²) >= 11 is 5.36. The smallest absolute Gasteiger partial charge is 0.366 e. The van der Waals surface area contributed by atoms with E-state index in [4.69, 9.17) is 23.2 Å². The lowest BCUT2D eigenvalue weighted by atomic mass is 10.0. The minimum atomic E-state index is -4.81. The maximum absolute atomic E-state index is 15.0. The Balaban J connectivity index is 1.85. The van der Waals surface area contributed by atoms with Gasteiger partial charge in [-0.1, -0.05) is 12.1 Å². The Bertz CT molecular complexity index is 1190. The Morgan fingerprint density at radius 2 is 1.82 bits per heavy atom. The van der Waals surface area contributed by atoms with E-state index in [9.17, 15) is 27.2 Å². The number of benzene rings is 2. The van der Waals surface area contributed by atoms with Gasteiger partial charge in [-0.3, -0.25) is 14.5 Å². The summed E-state index contributed by atoms with van der Waals surface area (Å²) < 4.78 is 55.2. The van der Waals surface area contributed by atoms with Crippen LogP contribution in [0, 0.1) is 11.3 Å². The number of rotatable bonds is 6. The molecule has 0 saturated carbocycles. The highest BCUT2D eigenvalue weighted by Crippen LogP contribution is 2.38. The number of anilines is 1. The first-order chi connectivity index (χ1) is 15.8. The van der Waals surface area contributed by atoms with Gasteiger partial charge in [0.25, 0.3) is 5.91 Å². The molecule has 3 rings (SSSR count). The fourth-order valence-electron chi connectivity index (χ4n) is 3.70. The Morgan fingerprint density at radius 3 is 2.35 bits per heavy atom. The number of hydrogen-bond acceptors (Lipinski definition) is 4. The largest absolute Gasteiger partial charge is 0.417 e. The molecule has 2 N–H and O–H groups in total. The second-order valence-corrected chi connectivity index (χ2v) is 8.66. The fraction of sp³-hybridized carbons (Fsp3) is 0.304. The number of nitrogens with zero attached hydrogens (tertiary/aromatic N) is 3. The number of amides is 2. The van der Waals surface area contributed by atoms with Gasteiger partial charge in [0.15, 0.2) is 5.11 Å². The summed E-state index contributed by atoms with van der Waals surface area (Å²) in [6.45, 7) is 2.72. The molecule has 0 aromatic heterocycles. The monoisotopic (exact) mass is 492 g/mol. The van der Waals surface area contributed by atoms with Gasteiger partial charge in [0.2, 0.25) is 5.91 Å². The van der Waals surface area contributed by atoms with Gasteiger partial charge in [-0.05, 0) is 62.0 Å². The zero-order valence-electron chi connectivity index (χ0n) is 18.2. The lowest BCUT2D eigenvalue weighted by Gasteiger charge is -2.30. The molecule has 1 aliphatic rings. The number of alkyl halides is 4. The third kappa shape index (κ3) is 4.72. The fourth-order valence-corrected chi connectivity index (χ4v) is 4.19. The first kappa shape index (κ1) is 25.1. The molecule has 0 radical (unpaired) electrons. The summed E-state index contributed by atoms with van der Waals surface area (Å²) in [5.41, 5.74) is 2.81. The van der Waals surface area contributed by atoms with Crippen LogP contribution in [0.4, 0.5) is 23.2 Å². The highest BCUT2D eigenvalue weighted by atomic mass is 32.1. The number of hydrogen-bond donors (Lipinski definition) is 1. The summed E-state index contributed by atoms with van der Waals surface area (Å²) in [6.07, 6.45) is -6.33. The second kappa shape index (κ2) is 9.02. The van der Waals surface area contributed by atoms with Crippen LogP contribution in [0.2, 0.25) is 0 Å². The van der Waals surface area contributed by atoms with E-state index in [0.29, 0.717) is 11.6 Å². The number of primary amides is 1. The van der Waals surface area contributed by atoms with Crippen LogP contribution < -0.4 is 10.6 Å². The summed E-state index contributed by atoms with van der Waals surface area (Å²) in [5, 5.41) is 8.86. The molecule has 0 bridgehead atoms. The zero-order valence-corrected chi connectivity index (χ0v) is 19.0. The van der Waals surface area contributed by atoms with E-state index in [0.717, 1.165) is 11.0 Å². The van der Waals surface area contributed by atoms with E-state index >= 15 is 0 Å². The van der Waals surface area contributed by atoms with Crippen molar-refractivity contribution >= 4 is 34.8 Å². The number of nitrogens with two attached hydrogens (primary N) is 1. The molecule has 2 amide bonds. The second-order valence-electron chi connectivity index (χ2n) is 8.29. The highest BCUT2D eigenvalue weighted by molar-refractivity contribution is 7.80. The van der Waals surface area contributed by atoms with Crippen molar-refractivity contribution in [3.05, 3.63) is 64.7 Å². The lowest BCUT2D eigenvalue weighted by Crippen LogP contribution is -2.47. The van der Waals surface area contributed by atoms with Crippen molar-refractivity contribution in [3.8, 4) is 6.07 Å². The van der Waals surface area contributed by atoms with Gasteiger partial charge in [-0.25, -0.2) is 4.39 Å². The van der Waals surface area contributed by atoms with Crippen LogP contribution >= 0.6 is 12.2 Å². The molecule has 34 heavy (non-hydrogen) atoms. The van der Waals surface area contributed by atoms with Gasteiger partial charge in [-0.2, -0.15) is 18.4 Å². The molecule has 1 fully saturated rings. The minimum absolute atomic E-state index is 0.0441. The average molecular weight is 492 g/mol. The molecule has 0 spiro atoms. The molecule has 6 nitrogen and oxygen atoms in total. The van der Waals surface area contributed by atoms with E-state index in [2.05, 4.69) is 0 Å². The quantitative estimate of drug-likeness (QED) is 0.487. The van der Waals surface area contributed by atoms with E-state index < -0.39 is 40.8 Å². The van der Waals surface area contributed by atoms with Gasteiger partial charge in [0.05, 0.1) is 29.4 Å². The summed E-state index contributed by atoms with van der Waals surface area (Å²) in [6, 6.07) is 10.4. The van der Waals surface area contributed by atoms with E-state index in [1.54, 1.807) is 12.1 Å². The van der Waals surface area contributed by atoms with Gasteiger partial charge >= 0.3 is 6.18 Å². The first-order valence-electron chi connectivity index (χ1n) is 10.1. The first-order valence-corrected chi connectivity index (χ1v) is 10.5. The summed E-state index contributed by atoms with van der Waals surface area (Å²) in [5.74, 6) is -1.23. The minimum Gasteiger partial charge on any atom is -0.366 e. The Kier molecular flexibility index (Phi) is 6.66. The van der Waals surface area contributed by atoms with Crippen molar-refractivity contribution in [1.82, 2.24) is 4.90 Å². The zero-order chi connectivity index (χ0) is 25.4. The Morgan fingerprint density at radius 1 is 1.21 bits per heavy atom. The van der Waals surface area contributed by atoms with Crippen LogP contribution in [0.3, 0.4) is 0 Å². The maximum atomic E-state index is 15.0.